The molecule has 122 valence electrons. The van der Waals surface area contributed by atoms with Crippen LogP contribution in [0.25, 0.3) is 10.9 Å². The van der Waals surface area contributed by atoms with Crippen molar-refractivity contribution in [3.05, 3.63) is 30.0 Å². The summed E-state index contributed by atoms with van der Waals surface area (Å²) in [6, 6.07) is 5.99. The maximum atomic E-state index is 10.4. The van der Waals surface area contributed by atoms with Crippen molar-refractivity contribution in [1.29, 1.82) is 0 Å². The molecule has 5 nitrogen and oxygen atoms in total. The van der Waals surface area contributed by atoms with Crippen LogP contribution in [0.5, 0.6) is 5.75 Å². The Hall–Kier alpha value is -1.72. The Morgan fingerprint density at radius 2 is 2.09 bits per heavy atom. The number of carbonyl (C=O) groups is 1. The lowest BCUT2D eigenvalue weighted by Gasteiger charge is -2.06. The normalized spacial score (nSPS) is 10.4. The molecule has 0 bridgehead atoms. The third kappa shape index (κ3) is 5.24. The first-order valence-corrected chi connectivity index (χ1v) is 7.35. The number of H-pyrrole nitrogens is 1. The second-order valence-corrected chi connectivity index (χ2v) is 5.11. The zero-order valence-corrected chi connectivity index (χ0v) is 13.3. The predicted molar refractivity (Wildman–Crippen MR) is 89.9 cm³/mol. The third-order valence-corrected chi connectivity index (χ3v) is 3.46. The van der Waals surface area contributed by atoms with Crippen molar-refractivity contribution >= 4 is 29.3 Å². The van der Waals surface area contributed by atoms with Gasteiger partial charge in [-0.2, -0.15) is 0 Å². The number of aromatic nitrogens is 1. The van der Waals surface area contributed by atoms with Gasteiger partial charge in [-0.3, -0.25) is 4.79 Å². The summed E-state index contributed by atoms with van der Waals surface area (Å²) in [4.78, 5) is 13.6. The van der Waals surface area contributed by atoms with Gasteiger partial charge < -0.3 is 20.6 Å². The molecule has 0 aliphatic rings. The van der Waals surface area contributed by atoms with E-state index >= 15 is 0 Å². The van der Waals surface area contributed by atoms with Crippen molar-refractivity contribution in [2.24, 2.45) is 5.73 Å². The number of carboxylic acid groups (broad SMARTS) is 1. The van der Waals surface area contributed by atoms with E-state index in [9.17, 15) is 4.79 Å². The molecule has 6 heteroatoms. The molecule has 0 fully saturated rings. The molecular formula is C16H23ClN2O3. The molecule has 1 heterocycles. The number of hydrogen-bond acceptors (Lipinski definition) is 3. The number of ether oxygens (including phenoxy) is 1. The molecule has 1 aromatic carbocycles. The van der Waals surface area contributed by atoms with Crippen molar-refractivity contribution < 1.29 is 14.6 Å². The molecule has 0 amide bonds. The summed E-state index contributed by atoms with van der Waals surface area (Å²) in [5.41, 5.74) is 7.91. The minimum atomic E-state index is -0.735. The highest BCUT2D eigenvalue weighted by Gasteiger charge is 2.05. The van der Waals surface area contributed by atoms with Gasteiger partial charge in [0.25, 0.3) is 0 Å². The molecule has 22 heavy (non-hydrogen) atoms. The summed E-state index contributed by atoms with van der Waals surface area (Å²) >= 11 is 0. The molecule has 0 saturated carbocycles. The van der Waals surface area contributed by atoms with Crippen LogP contribution in [-0.2, 0) is 11.2 Å². The molecule has 0 unspecified atom stereocenters. The fraction of sp³-hybridized carbons (Fsp3) is 0.438. The summed E-state index contributed by atoms with van der Waals surface area (Å²) in [5, 5.41) is 9.71. The molecule has 2 rings (SSSR count). The molecule has 0 spiro atoms. The first kappa shape index (κ1) is 18.3. The van der Waals surface area contributed by atoms with Crippen LogP contribution in [0.1, 0.15) is 31.2 Å². The van der Waals surface area contributed by atoms with E-state index in [-0.39, 0.29) is 18.8 Å². The first-order chi connectivity index (χ1) is 10.2. The Kier molecular flexibility index (Phi) is 7.77. The zero-order valence-electron chi connectivity index (χ0n) is 12.5. The van der Waals surface area contributed by atoms with E-state index in [0.29, 0.717) is 19.6 Å². The Bertz CT molecular complexity index is 598. The van der Waals surface area contributed by atoms with Crippen molar-refractivity contribution in [1.82, 2.24) is 4.98 Å². The van der Waals surface area contributed by atoms with E-state index in [1.54, 1.807) is 0 Å². The van der Waals surface area contributed by atoms with Gasteiger partial charge in [0.05, 0.1) is 6.61 Å². The van der Waals surface area contributed by atoms with Crippen LogP contribution in [0, 0.1) is 0 Å². The number of nitrogens with two attached hydrogens (primary N) is 1. The van der Waals surface area contributed by atoms with Crippen molar-refractivity contribution in [3.63, 3.8) is 0 Å². The Morgan fingerprint density at radius 1 is 1.27 bits per heavy atom. The van der Waals surface area contributed by atoms with Gasteiger partial charge in [-0.25, -0.2) is 0 Å². The average molecular weight is 327 g/mol. The number of unbranched alkanes of at least 4 members (excludes halogenated alkanes) is 2. The van der Waals surface area contributed by atoms with Gasteiger partial charge >= 0.3 is 5.97 Å². The number of aliphatic carboxylic acids is 1. The van der Waals surface area contributed by atoms with Crippen LogP contribution >= 0.6 is 12.4 Å². The quantitative estimate of drug-likeness (QED) is 0.618. The van der Waals surface area contributed by atoms with Crippen molar-refractivity contribution in [3.8, 4) is 5.75 Å². The molecule has 0 atom stereocenters. The zero-order chi connectivity index (χ0) is 15.1. The number of fused-ring (bicyclic) bond motifs is 1. The lowest BCUT2D eigenvalue weighted by atomic mass is 10.1. The number of carboxylic acids is 1. The van der Waals surface area contributed by atoms with Crippen LogP contribution in [0.4, 0.5) is 0 Å². The van der Waals surface area contributed by atoms with E-state index in [1.165, 1.54) is 5.56 Å². The monoisotopic (exact) mass is 326 g/mol. The Morgan fingerprint density at radius 3 is 2.82 bits per heavy atom. The highest BCUT2D eigenvalue weighted by molar-refractivity contribution is 5.85. The third-order valence-electron chi connectivity index (χ3n) is 3.46. The van der Waals surface area contributed by atoms with E-state index < -0.39 is 5.97 Å². The second kappa shape index (κ2) is 9.33. The number of rotatable bonds is 9. The van der Waals surface area contributed by atoms with Gasteiger partial charge in [0, 0.05) is 23.5 Å². The predicted octanol–water partition coefficient (Wildman–Crippen LogP) is 3.11. The number of benzene rings is 1. The maximum absolute atomic E-state index is 10.4. The van der Waals surface area contributed by atoms with Crippen LogP contribution in [0.2, 0.25) is 0 Å². The largest absolute Gasteiger partial charge is 0.494 e. The van der Waals surface area contributed by atoms with Crippen molar-refractivity contribution in [2.45, 2.75) is 32.1 Å². The molecule has 1 aromatic heterocycles. The maximum Gasteiger partial charge on any atom is 0.303 e. The van der Waals surface area contributed by atoms with E-state index in [2.05, 4.69) is 4.98 Å². The highest BCUT2D eigenvalue weighted by Crippen LogP contribution is 2.24. The highest BCUT2D eigenvalue weighted by atomic mass is 35.5. The summed E-state index contributed by atoms with van der Waals surface area (Å²) in [7, 11) is 0. The molecule has 0 radical (unpaired) electrons. The van der Waals surface area contributed by atoms with Gasteiger partial charge in [0.2, 0.25) is 0 Å². The molecule has 4 N–H and O–H groups in total. The smallest absolute Gasteiger partial charge is 0.303 e. The number of hydrogen-bond donors (Lipinski definition) is 3. The van der Waals surface area contributed by atoms with Crippen LogP contribution in [-0.4, -0.2) is 29.2 Å². The summed E-state index contributed by atoms with van der Waals surface area (Å²) in [6.45, 7) is 1.24. The minimum absolute atomic E-state index is 0. The van der Waals surface area contributed by atoms with Gasteiger partial charge in [0.1, 0.15) is 5.75 Å². The molecule has 0 saturated heterocycles. The van der Waals surface area contributed by atoms with E-state index in [0.717, 1.165) is 35.9 Å². The summed E-state index contributed by atoms with van der Waals surface area (Å²) in [5.74, 6) is 0.111. The number of aromatic amines is 1. The SMILES string of the molecule is Cl.NCCc1c[nH]c2ccc(OCCCCCC(=O)O)cc12. The Balaban J connectivity index is 0.00000242. The molecule has 0 aliphatic carbocycles. The number of nitrogens with one attached hydrogen (secondary N) is 1. The van der Waals surface area contributed by atoms with Gasteiger partial charge in [0.15, 0.2) is 0 Å². The fourth-order valence-electron chi connectivity index (χ4n) is 2.35. The standard InChI is InChI=1S/C16H22N2O3.ClH/c17-8-7-12-11-18-15-6-5-13(10-14(12)15)21-9-3-1-2-4-16(19)20;/h5-6,10-11,18H,1-4,7-9,17H2,(H,19,20);1H. The number of halogens is 1. The molecular weight excluding hydrogens is 304 g/mol. The van der Waals surface area contributed by atoms with E-state index in [1.807, 2.05) is 24.4 Å². The second-order valence-electron chi connectivity index (χ2n) is 5.11. The minimum Gasteiger partial charge on any atom is -0.494 e. The van der Waals surface area contributed by atoms with E-state index in [4.69, 9.17) is 15.6 Å². The van der Waals surface area contributed by atoms with Crippen LogP contribution < -0.4 is 10.5 Å². The van der Waals surface area contributed by atoms with Crippen molar-refractivity contribution in [2.75, 3.05) is 13.2 Å². The lowest BCUT2D eigenvalue weighted by molar-refractivity contribution is -0.137. The Labute approximate surface area is 136 Å². The van der Waals surface area contributed by atoms with Crippen LogP contribution in [0.15, 0.2) is 24.4 Å². The van der Waals surface area contributed by atoms with Crippen LogP contribution in [0.3, 0.4) is 0 Å². The summed E-state index contributed by atoms with van der Waals surface area (Å²) < 4.78 is 5.73. The summed E-state index contributed by atoms with van der Waals surface area (Å²) in [6.07, 6.45) is 5.52. The average Bonchev–Trinajstić information content (AvgIpc) is 2.85. The topological polar surface area (TPSA) is 88.3 Å². The van der Waals surface area contributed by atoms with Gasteiger partial charge in [-0.05, 0) is 56.0 Å². The first-order valence-electron chi connectivity index (χ1n) is 7.35. The van der Waals surface area contributed by atoms with Gasteiger partial charge in [-0.1, -0.05) is 0 Å². The lowest BCUT2D eigenvalue weighted by Crippen LogP contribution is -2.02. The van der Waals surface area contributed by atoms with Gasteiger partial charge in [-0.15, -0.1) is 12.4 Å². The molecule has 0 aliphatic heterocycles. The fourth-order valence-corrected chi connectivity index (χ4v) is 2.35. The molecule has 2 aromatic rings.